The van der Waals surface area contributed by atoms with Gasteiger partial charge in [0.05, 0.1) is 11.6 Å². The van der Waals surface area contributed by atoms with Gasteiger partial charge in [0.2, 0.25) is 5.91 Å². The number of halogens is 1. The molecule has 2 aromatic carbocycles. The molecule has 1 atom stereocenters. The first kappa shape index (κ1) is 20.2. The van der Waals surface area contributed by atoms with Crippen molar-refractivity contribution in [3.8, 4) is 11.1 Å². The fraction of sp³-hybridized carbons (Fsp3) is 0.280. The van der Waals surface area contributed by atoms with Gasteiger partial charge in [-0.1, -0.05) is 30.3 Å². The van der Waals surface area contributed by atoms with E-state index >= 15 is 0 Å². The van der Waals surface area contributed by atoms with E-state index in [9.17, 15) is 9.18 Å². The molecule has 1 saturated heterocycles. The van der Waals surface area contributed by atoms with Crippen LogP contribution in [0, 0.1) is 18.7 Å². The number of nitrogens with one attached hydrogen (secondary N) is 1. The number of amides is 1. The lowest BCUT2D eigenvalue weighted by atomic mass is 9.96. The molecule has 3 aromatic rings. The van der Waals surface area contributed by atoms with E-state index < -0.39 is 0 Å². The Morgan fingerprint density at radius 1 is 1.10 bits per heavy atom. The van der Waals surface area contributed by atoms with Crippen LogP contribution in [0.1, 0.15) is 24.2 Å². The van der Waals surface area contributed by atoms with Crippen molar-refractivity contribution in [3.63, 3.8) is 0 Å². The third-order valence-electron chi connectivity index (χ3n) is 5.52. The number of pyridine rings is 1. The van der Waals surface area contributed by atoms with Crippen molar-refractivity contribution in [2.75, 3.05) is 18.4 Å². The van der Waals surface area contributed by atoms with Crippen LogP contribution in [0.25, 0.3) is 11.1 Å². The monoisotopic (exact) mass is 403 g/mol. The molecule has 1 fully saturated rings. The highest BCUT2D eigenvalue weighted by molar-refractivity contribution is 5.93. The zero-order chi connectivity index (χ0) is 20.9. The second-order valence-corrected chi connectivity index (χ2v) is 7.92. The number of nitrogens with zero attached hydrogens (tertiary/aromatic N) is 2. The first-order valence-corrected chi connectivity index (χ1v) is 10.4. The third-order valence-corrected chi connectivity index (χ3v) is 5.52. The molecule has 2 heterocycles. The van der Waals surface area contributed by atoms with Crippen molar-refractivity contribution in [1.29, 1.82) is 0 Å². The summed E-state index contributed by atoms with van der Waals surface area (Å²) in [6.45, 7) is 4.49. The summed E-state index contributed by atoms with van der Waals surface area (Å²) >= 11 is 0. The van der Waals surface area contributed by atoms with Gasteiger partial charge in [0, 0.05) is 24.5 Å². The predicted octanol–water partition coefficient (Wildman–Crippen LogP) is 5.05. The number of anilines is 1. The van der Waals surface area contributed by atoms with Gasteiger partial charge in [0.25, 0.3) is 0 Å². The molecule has 5 heteroatoms. The van der Waals surface area contributed by atoms with Gasteiger partial charge in [-0.05, 0) is 73.8 Å². The normalized spacial score (nSPS) is 16.9. The fourth-order valence-electron chi connectivity index (χ4n) is 3.99. The van der Waals surface area contributed by atoms with E-state index in [1.807, 2.05) is 49.4 Å². The average Bonchev–Trinajstić information content (AvgIpc) is 2.75. The van der Waals surface area contributed by atoms with Crippen LogP contribution in [0.5, 0.6) is 0 Å². The predicted molar refractivity (Wildman–Crippen MR) is 117 cm³/mol. The minimum atomic E-state index is -0.258. The summed E-state index contributed by atoms with van der Waals surface area (Å²) in [5.74, 6) is -0.253. The summed E-state index contributed by atoms with van der Waals surface area (Å²) < 4.78 is 13.2. The molecule has 0 aliphatic carbocycles. The number of hydrogen-bond donors (Lipinski definition) is 1. The van der Waals surface area contributed by atoms with Crippen LogP contribution in [0.15, 0.2) is 66.7 Å². The SMILES string of the molecule is Cc1cccc(CN2CCC[C@@H](C(=O)Nc3cccc(-c4ccc(F)cc4)c3)C2)n1. The van der Waals surface area contributed by atoms with Crippen molar-refractivity contribution in [3.05, 3.63) is 83.9 Å². The summed E-state index contributed by atoms with van der Waals surface area (Å²) in [4.78, 5) is 19.8. The number of likely N-dealkylation sites (tertiary alicyclic amines) is 1. The van der Waals surface area contributed by atoms with E-state index in [0.29, 0.717) is 0 Å². The van der Waals surface area contributed by atoms with E-state index in [2.05, 4.69) is 15.2 Å². The number of piperidine rings is 1. The second-order valence-electron chi connectivity index (χ2n) is 7.92. The smallest absolute Gasteiger partial charge is 0.228 e. The van der Waals surface area contributed by atoms with Crippen molar-refractivity contribution in [2.24, 2.45) is 5.92 Å². The molecular weight excluding hydrogens is 377 g/mol. The molecule has 1 amide bonds. The van der Waals surface area contributed by atoms with Crippen LogP contribution in [0.4, 0.5) is 10.1 Å². The van der Waals surface area contributed by atoms with Gasteiger partial charge in [-0.3, -0.25) is 14.7 Å². The van der Waals surface area contributed by atoms with Gasteiger partial charge in [0.1, 0.15) is 5.82 Å². The highest BCUT2D eigenvalue weighted by Gasteiger charge is 2.26. The average molecular weight is 404 g/mol. The van der Waals surface area contributed by atoms with Crippen LogP contribution in [0.2, 0.25) is 0 Å². The number of carbonyl (C=O) groups excluding carboxylic acids is 1. The molecule has 0 saturated carbocycles. The van der Waals surface area contributed by atoms with E-state index in [0.717, 1.165) is 60.7 Å². The molecule has 4 nitrogen and oxygen atoms in total. The first-order chi connectivity index (χ1) is 14.6. The van der Waals surface area contributed by atoms with Gasteiger partial charge in [-0.2, -0.15) is 0 Å². The minimum Gasteiger partial charge on any atom is -0.326 e. The molecule has 1 aliphatic rings. The summed E-state index contributed by atoms with van der Waals surface area (Å²) in [6.07, 6.45) is 1.89. The summed E-state index contributed by atoms with van der Waals surface area (Å²) in [5.41, 5.74) is 4.69. The molecule has 1 aromatic heterocycles. The topological polar surface area (TPSA) is 45.2 Å². The fourth-order valence-corrected chi connectivity index (χ4v) is 3.99. The number of aromatic nitrogens is 1. The Labute approximate surface area is 176 Å². The minimum absolute atomic E-state index is 0.0435. The molecule has 0 radical (unpaired) electrons. The van der Waals surface area contributed by atoms with Crippen molar-refractivity contribution < 1.29 is 9.18 Å². The standard InChI is InChI=1S/C25H26FN3O/c1-18-5-2-9-24(27-18)17-29-14-4-7-21(16-29)25(30)28-23-8-3-6-20(15-23)19-10-12-22(26)13-11-19/h2-3,5-6,8-13,15,21H,4,7,14,16-17H2,1H3,(H,28,30)/t21-/m1/s1. The van der Waals surface area contributed by atoms with Gasteiger partial charge in [-0.15, -0.1) is 0 Å². The van der Waals surface area contributed by atoms with Crippen LogP contribution >= 0.6 is 0 Å². The van der Waals surface area contributed by atoms with Gasteiger partial charge in [-0.25, -0.2) is 4.39 Å². The van der Waals surface area contributed by atoms with Gasteiger partial charge < -0.3 is 5.32 Å². The van der Waals surface area contributed by atoms with Crippen molar-refractivity contribution in [2.45, 2.75) is 26.3 Å². The third kappa shape index (κ3) is 5.10. The van der Waals surface area contributed by atoms with Crippen LogP contribution in [-0.4, -0.2) is 28.9 Å². The first-order valence-electron chi connectivity index (χ1n) is 10.4. The lowest BCUT2D eigenvalue weighted by Crippen LogP contribution is -2.40. The Hall–Kier alpha value is -3.05. The summed E-state index contributed by atoms with van der Waals surface area (Å²) in [7, 11) is 0. The second kappa shape index (κ2) is 9.18. The quantitative estimate of drug-likeness (QED) is 0.649. The number of aryl methyl sites for hydroxylation is 1. The molecule has 4 rings (SSSR count). The largest absolute Gasteiger partial charge is 0.326 e. The molecule has 30 heavy (non-hydrogen) atoms. The number of hydrogen-bond acceptors (Lipinski definition) is 3. The molecular formula is C25H26FN3O. The van der Waals surface area contributed by atoms with Crippen LogP contribution in [-0.2, 0) is 11.3 Å². The maximum atomic E-state index is 13.2. The molecule has 1 N–H and O–H groups in total. The molecule has 0 spiro atoms. The van der Waals surface area contributed by atoms with Crippen molar-refractivity contribution >= 4 is 11.6 Å². The lowest BCUT2D eigenvalue weighted by molar-refractivity contribution is -0.121. The Kier molecular flexibility index (Phi) is 6.19. The van der Waals surface area contributed by atoms with Gasteiger partial charge >= 0.3 is 0 Å². The number of carbonyl (C=O) groups is 1. The van der Waals surface area contributed by atoms with Crippen LogP contribution in [0.3, 0.4) is 0 Å². The number of benzene rings is 2. The molecule has 0 unspecified atom stereocenters. The highest BCUT2D eigenvalue weighted by Crippen LogP contribution is 2.25. The number of rotatable bonds is 5. The van der Waals surface area contributed by atoms with Crippen LogP contribution < -0.4 is 5.32 Å². The lowest BCUT2D eigenvalue weighted by Gasteiger charge is -2.31. The van der Waals surface area contributed by atoms with E-state index in [4.69, 9.17) is 0 Å². The van der Waals surface area contributed by atoms with E-state index in [1.165, 1.54) is 12.1 Å². The zero-order valence-corrected chi connectivity index (χ0v) is 17.1. The molecule has 0 bridgehead atoms. The Balaban J connectivity index is 1.39. The maximum absolute atomic E-state index is 13.2. The van der Waals surface area contributed by atoms with Crippen molar-refractivity contribution in [1.82, 2.24) is 9.88 Å². The summed E-state index contributed by atoms with van der Waals surface area (Å²) in [6, 6.07) is 20.1. The van der Waals surface area contributed by atoms with E-state index in [1.54, 1.807) is 12.1 Å². The Morgan fingerprint density at radius 2 is 1.90 bits per heavy atom. The maximum Gasteiger partial charge on any atom is 0.228 e. The summed E-state index contributed by atoms with van der Waals surface area (Å²) in [5, 5.41) is 3.07. The molecule has 1 aliphatic heterocycles. The Morgan fingerprint density at radius 3 is 2.70 bits per heavy atom. The van der Waals surface area contributed by atoms with Gasteiger partial charge in [0.15, 0.2) is 0 Å². The molecule has 154 valence electrons. The Bertz CT molecular complexity index is 1020. The zero-order valence-electron chi connectivity index (χ0n) is 17.1. The van der Waals surface area contributed by atoms with E-state index in [-0.39, 0.29) is 17.6 Å². The highest BCUT2D eigenvalue weighted by atomic mass is 19.1.